The normalized spacial score (nSPS) is 15.7. The van der Waals surface area contributed by atoms with Crippen molar-refractivity contribution in [2.24, 2.45) is 0 Å². The number of halogens is 1. The summed E-state index contributed by atoms with van der Waals surface area (Å²) in [7, 11) is 2.14. The number of anilines is 2. The van der Waals surface area contributed by atoms with E-state index in [4.69, 9.17) is 11.6 Å². The molecule has 0 unspecified atom stereocenters. The van der Waals surface area contributed by atoms with Crippen LogP contribution in [0.15, 0.2) is 30.3 Å². The highest BCUT2D eigenvalue weighted by molar-refractivity contribution is 6.31. The standard InChI is InChI=1S/C17H22ClN5/c1-13-11-16(19-12-14-5-3-4-6-15(14)18)21-17(20-13)23-9-7-22(2)8-10-23/h3-6,11H,7-10,12H2,1-2H3,(H,19,20,21). The maximum Gasteiger partial charge on any atom is 0.227 e. The molecule has 1 aliphatic heterocycles. The minimum absolute atomic E-state index is 0.651. The zero-order valence-corrected chi connectivity index (χ0v) is 14.3. The number of aryl methyl sites for hydroxylation is 1. The van der Waals surface area contributed by atoms with Gasteiger partial charge >= 0.3 is 0 Å². The van der Waals surface area contributed by atoms with Gasteiger partial charge in [0.1, 0.15) is 5.82 Å². The number of nitrogens with one attached hydrogen (secondary N) is 1. The summed E-state index contributed by atoms with van der Waals surface area (Å²) in [6.07, 6.45) is 0. The summed E-state index contributed by atoms with van der Waals surface area (Å²) in [4.78, 5) is 13.8. The van der Waals surface area contributed by atoms with Gasteiger partial charge in [-0.1, -0.05) is 29.8 Å². The predicted octanol–water partition coefficient (Wildman–Crippen LogP) is 2.80. The smallest absolute Gasteiger partial charge is 0.227 e. The van der Waals surface area contributed by atoms with E-state index in [1.165, 1.54) is 0 Å². The summed E-state index contributed by atoms with van der Waals surface area (Å²) >= 11 is 6.20. The number of aromatic nitrogens is 2. The van der Waals surface area contributed by atoms with E-state index in [0.717, 1.165) is 54.2 Å². The van der Waals surface area contributed by atoms with Gasteiger partial charge in [-0.05, 0) is 25.6 Å². The number of hydrogen-bond acceptors (Lipinski definition) is 5. The molecular formula is C17H22ClN5. The highest BCUT2D eigenvalue weighted by Crippen LogP contribution is 2.19. The average Bonchev–Trinajstić information content (AvgIpc) is 2.54. The molecule has 122 valence electrons. The summed E-state index contributed by atoms with van der Waals surface area (Å²) in [5.41, 5.74) is 2.03. The summed E-state index contributed by atoms with van der Waals surface area (Å²) in [5.74, 6) is 1.64. The van der Waals surface area contributed by atoms with Crippen molar-refractivity contribution >= 4 is 23.4 Å². The molecule has 23 heavy (non-hydrogen) atoms. The molecule has 0 bridgehead atoms. The Morgan fingerprint density at radius 1 is 1.13 bits per heavy atom. The van der Waals surface area contributed by atoms with Crippen molar-refractivity contribution in [2.45, 2.75) is 13.5 Å². The molecule has 2 aromatic rings. The minimum atomic E-state index is 0.651. The molecule has 0 radical (unpaired) electrons. The second kappa shape index (κ2) is 7.15. The van der Waals surface area contributed by atoms with E-state index in [1.807, 2.05) is 37.3 Å². The second-order valence-corrected chi connectivity index (χ2v) is 6.34. The van der Waals surface area contributed by atoms with E-state index in [1.54, 1.807) is 0 Å². The first-order valence-electron chi connectivity index (χ1n) is 7.88. The van der Waals surface area contributed by atoms with Gasteiger partial charge in [-0.25, -0.2) is 4.98 Å². The molecule has 1 N–H and O–H groups in total. The lowest BCUT2D eigenvalue weighted by Crippen LogP contribution is -2.45. The lowest BCUT2D eigenvalue weighted by molar-refractivity contribution is 0.311. The molecule has 1 fully saturated rings. The Balaban J connectivity index is 1.71. The van der Waals surface area contributed by atoms with E-state index >= 15 is 0 Å². The van der Waals surface area contributed by atoms with E-state index < -0.39 is 0 Å². The van der Waals surface area contributed by atoms with Gasteiger partial charge in [-0.15, -0.1) is 0 Å². The van der Waals surface area contributed by atoms with E-state index in [9.17, 15) is 0 Å². The second-order valence-electron chi connectivity index (χ2n) is 5.93. The van der Waals surface area contributed by atoms with Crippen molar-refractivity contribution in [2.75, 3.05) is 43.4 Å². The molecule has 0 spiro atoms. The summed E-state index contributed by atoms with van der Waals surface area (Å²) in [6.45, 7) is 6.66. The molecule has 2 heterocycles. The van der Waals surface area contributed by atoms with Gasteiger partial charge < -0.3 is 15.1 Å². The molecule has 0 aliphatic carbocycles. The Morgan fingerprint density at radius 2 is 1.87 bits per heavy atom. The number of rotatable bonds is 4. The van der Waals surface area contributed by atoms with Crippen LogP contribution in [0, 0.1) is 6.92 Å². The quantitative estimate of drug-likeness (QED) is 0.933. The number of nitrogens with zero attached hydrogens (tertiary/aromatic N) is 4. The van der Waals surface area contributed by atoms with E-state index in [-0.39, 0.29) is 0 Å². The SMILES string of the molecule is Cc1cc(NCc2ccccc2Cl)nc(N2CCN(C)CC2)n1. The maximum atomic E-state index is 6.20. The van der Waals surface area contributed by atoms with Gasteiger partial charge in [0, 0.05) is 49.5 Å². The van der Waals surface area contributed by atoms with Gasteiger partial charge in [0.25, 0.3) is 0 Å². The fraction of sp³-hybridized carbons (Fsp3) is 0.412. The summed E-state index contributed by atoms with van der Waals surface area (Å²) in [6, 6.07) is 9.82. The van der Waals surface area contributed by atoms with Crippen LogP contribution in [0.3, 0.4) is 0 Å². The topological polar surface area (TPSA) is 44.3 Å². The van der Waals surface area contributed by atoms with Gasteiger partial charge in [0.05, 0.1) is 0 Å². The Bertz CT molecular complexity index is 668. The molecule has 0 atom stereocenters. The van der Waals surface area contributed by atoms with Crippen LogP contribution in [-0.4, -0.2) is 48.1 Å². The lowest BCUT2D eigenvalue weighted by Gasteiger charge is -2.32. The Kier molecular flexibility index (Phi) is 4.98. The lowest BCUT2D eigenvalue weighted by atomic mass is 10.2. The van der Waals surface area contributed by atoms with Crippen molar-refractivity contribution in [3.63, 3.8) is 0 Å². The van der Waals surface area contributed by atoms with Crippen LogP contribution in [0.2, 0.25) is 5.02 Å². The largest absolute Gasteiger partial charge is 0.366 e. The highest BCUT2D eigenvalue weighted by atomic mass is 35.5. The van der Waals surface area contributed by atoms with Gasteiger partial charge in [-0.3, -0.25) is 0 Å². The van der Waals surface area contributed by atoms with E-state index in [2.05, 4.69) is 32.1 Å². The van der Waals surface area contributed by atoms with Crippen molar-refractivity contribution in [1.82, 2.24) is 14.9 Å². The van der Waals surface area contributed by atoms with Crippen LogP contribution in [0.4, 0.5) is 11.8 Å². The van der Waals surface area contributed by atoms with Gasteiger partial charge in [0.2, 0.25) is 5.95 Å². The molecular weight excluding hydrogens is 310 g/mol. The average molecular weight is 332 g/mol. The van der Waals surface area contributed by atoms with Crippen LogP contribution in [0.25, 0.3) is 0 Å². The van der Waals surface area contributed by atoms with Crippen molar-refractivity contribution in [1.29, 1.82) is 0 Å². The van der Waals surface area contributed by atoms with Crippen LogP contribution < -0.4 is 10.2 Å². The Labute approximate surface area is 142 Å². The third-order valence-electron chi connectivity index (χ3n) is 4.05. The molecule has 1 aromatic carbocycles. The number of benzene rings is 1. The van der Waals surface area contributed by atoms with Gasteiger partial charge in [-0.2, -0.15) is 4.98 Å². The first-order chi connectivity index (χ1) is 11.1. The molecule has 0 amide bonds. The van der Waals surface area contributed by atoms with Crippen LogP contribution in [0.5, 0.6) is 0 Å². The van der Waals surface area contributed by atoms with Crippen molar-refractivity contribution in [3.05, 3.63) is 46.6 Å². The number of hydrogen-bond donors (Lipinski definition) is 1. The maximum absolute atomic E-state index is 6.20. The van der Waals surface area contributed by atoms with Crippen LogP contribution in [-0.2, 0) is 6.54 Å². The fourth-order valence-electron chi connectivity index (χ4n) is 2.62. The van der Waals surface area contributed by atoms with E-state index in [0.29, 0.717) is 6.54 Å². The third-order valence-corrected chi connectivity index (χ3v) is 4.42. The minimum Gasteiger partial charge on any atom is -0.366 e. The molecule has 1 saturated heterocycles. The van der Waals surface area contributed by atoms with Crippen molar-refractivity contribution < 1.29 is 0 Å². The molecule has 1 aromatic heterocycles. The molecule has 0 saturated carbocycles. The van der Waals surface area contributed by atoms with Crippen LogP contribution >= 0.6 is 11.6 Å². The van der Waals surface area contributed by atoms with Gasteiger partial charge in [0.15, 0.2) is 0 Å². The first-order valence-corrected chi connectivity index (χ1v) is 8.26. The van der Waals surface area contributed by atoms with Crippen molar-refractivity contribution in [3.8, 4) is 0 Å². The van der Waals surface area contributed by atoms with Crippen LogP contribution in [0.1, 0.15) is 11.3 Å². The highest BCUT2D eigenvalue weighted by Gasteiger charge is 2.17. The molecule has 3 rings (SSSR count). The molecule has 6 heteroatoms. The number of piperazine rings is 1. The molecule has 1 aliphatic rings. The number of likely N-dealkylation sites (N-methyl/N-ethyl adjacent to an activating group) is 1. The Morgan fingerprint density at radius 3 is 2.61 bits per heavy atom. The Hall–Kier alpha value is -1.85. The zero-order valence-electron chi connectivity index (χ0n) is 13.6. The fourth-order valence-corrected chi connectivity index (χ4v) is 2.82. The molecule has 5 nitrogen and oxygen atoms in total. The third kappa shape index (κ3) is 4.12. The zero-order chi connectivity index (χ0) is 16.2. The summed E-state index contributed by atoms with van der Waals surface area (Å²) in [5, 5.41) is 4.13. The predicted molar refractivity (Wildman–Crippen MR) is 95.3 cm³/mol. The monoisotopic (exact) mass is 331 g/mol. The first kappa shape index (κ1) is 16.0. The summed E-state index contributed by atoms with van der Waals surface area (Å²) < 4.78 is 0.